The van der Waals surface area contributed by atoms with Crippen molar-refractivity contribution in [1.82, 2.24) is 0 Å². The quantitative estimate of drug-likeness (QED) is 0.331. The van der Waals surface area contributed by atoms with E-state index in [2.05, 4.69) is 0 Å². The molecule has 0 aliphatic heterocycles. The summed E-state index contributed by atoms with van der Waals surface area (Å²) in [7, 11) is 0. The summed E-state index contributed by atoms with van der Waals surface area (Å²) in [5.41, 5.74) is 8.43. The average Bonchev–Trinajstić information content (AvgIpc) is 2.78. The second kappa shape index (κ2) is 8.10. The minimum Gasteiger partial charge on any atom is -0.399 e. The maximum Gasteiger partial charge on any atom is 0.195 e. The highest BCUT2D eigenvalue weighted by Gasteiger charge is 2.33. The second-order valence-corrected chi connectivity index (χ2v) is 9.34. The largest absolute Gasteiger partial charge is 0.399 e. The Labute approximate surface area is 188 Å². The van der Waals surface area contributed by atoms with Crippen LogP contribution in [-0.4, -0.2) is 11.6 Å². The van der Waals surface area contributed by atoms with Gasteiger partial charge in [-0.05, 0) is 42.5 Å². The summed E-state index contributed by atoms with van der Waals surface area (Å²) in [5, 5.41) is 0. The Hall–Kier alpha value is -3.28. The van der Waals surface area contributed by atoms with E-state index in [0.29, 0.717) is 27.9 Å². The molecule has 5 heteroatoms. The van der Waals surface area contributed by atoms with E-state index in [1.165, 1.54) is 23.5 Å². The van der Waals surface area contributed by atoms with Gasteiger partial charge >= 0.3 is 0 Å². The number of fused-ring (bicyclic) bond motifs is 2. The first-order valence-corrected chi connectivity index (χ1v) is 11.4. The molecule has 0 radical (unpaired) electrons. The molecule has 0 saturated carbocycles. The van der Waals surface area contributed by atoms with E-state index in [9.17, 15) is 9.59 Å². The van der Waals surface area contributed by atoms with E-state index in [1.807, 2.05) is 78.9 Å². The van der Waals surface area contributed by atoms with Gasteiger partial charge in [-0.2, -0.15) is 0 Å². The summed E-state index contributed by atoms with van der Waals surface area (Å²) < 4.78 is 0. The van der Waals surface area contributed by atoms with Gasteiger partial charge in [-0.1, -0.05) is 72.1 Å². The zero-order chi connectivity index (χ0) is 21.4. The SMILES string of the molecule is Nc1cccc(Sc2cccc3c2C(=O)c2cccc(Sc4ccccc4)c2C3=O)c1. The van der Waals surface area contributed by atoms with Crippen LogP contribution in [0.4, 0.5) is 5.69 Å². The van der Waals surface area contributed by atoms with E-state index in [0.717, 1.165) is 19.6 Å². The van der Waals surface area contributed by atoms with Crippen LogP contribution in [0, 0.1) is 0 Å². The average molecular weight is 440 g/mol. The molecule has 0 unspecified atom stereocenters. The van der Waals surface area contributed by atoms with Crippen LogP contribution in [0.3, 0.4) is 0 Å². The maximum absolute atomic E-state index is 13.5. The fourth-order valence-electron chi connectivity index (χ4n) is 3.67. The lowest BCUT2D eigenvalue weighted by molar-refractivity contribution is 0.0974. The van der Waals surface area contributed by atoms with Crippen LogP contribution < -0.4 is 5.73 Å². The third-order valence-electron chi connectivity index (χ3n) is 5.05. The van der Waals surface area contributed by atoms with Gasteiger partial charge in [-0.25, -0.2) is 0 Å². The van der Waals surface area contributed by atoms with Gasteiger partial charge in [0.25, 0.3) is 0 Å². The van der Waals surface area contributed by atoms with E-state index in [4.69, 9.17) is 5.73 Å². The summed E-state index contributed by atoms with van der Waals surface area (Å²) in [5.74, 6) is -0.231. The Kier molecular flexibility index (Phi) is 5.14. The Morgan fingerprint density at radius 1 is 0.548 bits per heavy atom. The molecule has 5 rings (SSSR count). The summed E-state index contributed by atoms with van der Waals surface area (Å²) in [6, 6.07) is 28.3. The molecule has 0 atom stereocenters. The van der Waals surface area contributed by atoms with Crippen LogP contribution in [0.1, 0.15) is 31.8 Å². The maximum atomic E-state index is 13.5. The van der Waals surface area contributed by atoms with Gasteiger partial charge in [0.2, 0.25) is 0 Å². The van der Waals surface area contributed by atoms with Crippen LogP contribution in [0.15, 0.2) is 111 Å². The highest BCUT2D eigenvalue weighted by Crippen LogP contribution is 2.41. The van der Waals surface area contributed by atoms with Crippen molar-refractivity contribution in [1.29, 1.82) is 0 Å². The Balaban J connectivity index is 1.59. The summed E-state index contributed by atoms with van der Waals surface area (Å²) in [4.78, 5) is 30.6. The molecule has 0 spiro atoms. The van der Waals surface area contributed by atoms with Gasteiger partial charge in [0.15, 0.2) is 11.6 Å². The molecule has 2 N–H and O–H groups in total. The Morgan fingerprint density at radius 2 is 1.06 bits per heavy atom. The molecule has 4 aromatic rings. The monoisotopic (exact) mass is 439 g/mol. The fraction of sp³-hybridized carbons (Fsp3) is 0. The van der Waals surface area contributed by atoms with Gasteiger partial charge in [0.05, 0.1) is 0 Å². The van der Waals surface area contributed by atoms with Crippen LogP contribution in [0.25, 0.3) is 0 Å². The number of rotatable bonds is 4. The number of benzene rings is 4. The molecule has 0 aromatic heterocycles. The first-order chi connectivity index (χ1) is 15.1. The third kappa shape index (κ3) is 3.67. The van der Waals surface area contributed by atoms with Gasteiger partial charge in [0.1, 0.15) is 0 Å². The number of nitrogen functional groups attached to an aromatic ring is 1. The second-order valence-electron chi connectivity index (χ2n) is 7.11. The van der Waals surface area contributed by atoms with Crippen LogP contribution >= 0.6 is 23.5 Å². The normalized spacial score (nSPS) is 12.4. The Bertz CT molecular complexity index is 1330. The molecule has 3 nitrogen and oxygen atoms in total. The minimum absolute atomic E-state index is 0.112. The van der Waals surface area contributed by atoms with Crippen molar-refractivity contribution in [2.24, 2.45) is 0 Å². The number of nitrogens with two attached hydrogens (primary N) is 1. The minimum atomic E-state index is -0.118. The smallest absolute Gasteiger partial charge is 0.195 e. The first kappa shape index (κ1) is 19.7. The Morgan fingerprint density at radius 3 is 1.65 bits per heavy atom. The topological polar surface area (TPSA) is 60.2 Å². The molecule has 1 aliphatic rings. The van der Waals surface area contributed by atoms with Crippen LogP contribution in [-0.2, 0) is 0 Å². The number of anilines is 1. The molecule has 1 aliphatic carbocycles. The standard InChI is InChI=1S/C26H17NO2S2/c27-16-7-4-10-18(15-16)31-22-14-6-12-20-24(22)26(29)19-11-5-13-21(23(19)25(20)28)30-17-8-2-1-3-9-17/h1-15H,27H2. The van der Waals surface area contributed by atoms with Crippen molar-refractivity contribution in [3.05, 3.63) is 113 Å². The number of carbonyl (C=O) groups excluding carboxylic acids is 2. The predicted molar refractivity (Wildman–Crippen MR) is 125 cm³/mol. The van der Waals surface area contributed by atoms with E-state index in [-0.39, 0.29) is 11.6 Å². The van der Waals surface area contributed by atoms with Crippen molar-refractivity contribution in [2.45, 2.75) is 19.6 Å². The van der Waals surface area contributed by atoms with E-state index >= 15 is 0 Å². The van der Waals surface area contributed by atoms with Crippen molar-refractivity contribution >= 4 is 40.8 Å². The van der Waals surface area contributed by atoms with Gasteiger partial charge < -0.3 is 5.73 Å². The van der Waals surface area contributed by atoms with Gasteiger partial charge in [-0.3, -0.25) is 9.59 Å². The fourth-order valence-corrected chi connectivity index (χ4v) is 5.71. The number of carbonyl (C=O) groups is 2. The molecular weight excluding hydrogens is 422 g/mol. The van der Waals surface area contributed by atoms with Crippen LogP contribution in [0.2, 0.25) is 0 Å². The number of hydrogen-bond donors (Lipinski definition) is 1. The van der Waals surface area contributed by atoms with Crippen molar-refractivity contribution in [3.8, 4) is 0 Å². The molecule has 0 amide bonds. The molecule has 0 fully saturated rings. The lowest BCUT2D eigenvalue weighted by Gasteiger charge is -2.22. The zero-order valence-corrected chi connectivity index (χ0v) is 18.0. The molecule has 150 valence electrons. The highest BCUT2D eigenvalue weighted by atomic mass is 32.2. The first-order valence-electron chi connectivity index (χ1n) is 9.73. The van der Waals surface area contributed by atoms with Crippen molar-refractivity contribution < 1.29 is 9.59 Å². The lowest BCUT2D eigenvalue weighted by atomic mass is 9.84. The highest BCUT2D eigenvalue weighted by molar-refractivity contribution is 7.99. The molecule has 0 saturated heterocycles. The molecule has 31 heavy (non-hydrogen) atoms. The molecular formula is C26H17NO2S2. The number of hydrogen-bond acceptors (Lipinski definition) is 5. The van der Waals surface area contributed by atoms with E-state index < -0.39 is 0 Å². The molecule has 0 bridgehead atoms. The van der Waals surface area contributed by atoms with E-state index in [1.54, 1.807) is 12.1 Å². The van der Waals surface area contributed by atoms with Crippen LogP contribution in [0.5, 0.6) is 0 Å². The third-order valence-corrected chi connectivity index (χ3v) is 7.17. The summed E-state index contributed by atoms with van der Waals surface area (Å²) in [6.45, 7) is 0. The summed E-state index contributed by atoms with van der Waals surface area (Å²) in [6.07, 6.45) is 0. The molecule has 4 aromatic carbocycles. The summed E-state index contributed by atoms with van der Waals surface area (Å²) >= 11 is 2.94. The van der Waals surface area contributed by atoms with Gasteiger partial charge in [0, 0.05) is 47.5 Å². The predicted octanol–water partition coefficient (Wildman–Crippen LogP) is 6.35. The molecule has 0 heterocycles. The van der Waals surface area contributed by atoms with Gasteiger partial charge in [-0.15, -0.1) is 0 Å². The lowest BCUT2D eigenvalue weighted by Crippen LogP contribution is -2.22. The number of ketones is 2. The van der Waals surface area contributed by atoms with Crippen molar-refractivity contribution in [3.63, 3.8) is 0 Å². The van der Waals surface area contributed by atoms with Crippen molar-refractivity contribution in [2.75, 3.05) is 5.73 Å². The zero-order valence-electron chi connectivity index (χ0n) is 16.4.